The van der Waals surface area contributed by atoms with Gasteiger partial charge in [0, 0.05) is 51.0 Å². The number of nitrogens with zero attached hydrogens (tertiary/aromatic N) is 7. The molecule has 2 aliphatic rings. The van der Waals surface area contributed by atoms with E-state index in [9.17, 15) is 0 Å². The topological polar surface area (TPSA) is 65.3 Å². The molecule has 0 atom stereocenters. The van der Waals surface area contributed by atoms with E-state index in [1.165, 1.54) is 25.9 Å². The van der Waals surface area contributed by atoms with Crippen LogP contribution in [0, 0.1) is 0 Å². The standard InChI is InChI=1S/C27H30Cl2N8/c1-34-12-14-35(15-13-34)20-8-10-36(11-9-20)24-7-6-19(16-21(24)28)32-27-30-17-22(29)26(33-27)37-18-31-23-4-2-3-5-25(23)37/h2-7,16-18,20H,8-15H2,1H3,(H,30,32,33). The van der Waals surface area contributed by atoms with Crippen molar-refractivity contribution < 1.29 is 0 Å². The number of hydrogen-bond acceptors (Lipinski definition) is 7. The molecule has 2 saturated heterocycles. The van der Waals surface area contributed by atoms with Crippen LogP contribution in [0.3, 0.4) is 0 Å². The van der Waals surface area contributed by atoms with Gasteiger partial charge in [0.05, 0.1) is 27.9 Å². The zero-order valence-corrected chi connectivity index (χ0v) is 22.3. The average molecular weight is 537 g/mol. The molecule has 0 amide bonds. The lowest BCUT2D eigenvalue weighted by Gasteiger charge is -2.42. The summed E-state index contributed by atoms with van der Waals surface area (Å²) in [7, 11) is 2.21. The lowest BCUT2D eigenvalue weighted by atomic mass is 10.0. The molecule has 6 rings (SSSR count). The highest BCUT2D eigenvalue weighted by Crippen LogP contribution is 2.33. The number of imidazole rings is 1. The van der Waals surface area contributed by atoms with Crippen LogP contribution in [0.1, 0.15) is 12.8 Å². The Balaban J connectivity index is 1.14. The van der Waals surface area contributed by atoms with Crippen molar-refractivity contribution in [2.24, 2.45) is 0 Å². The van der Waals surface area contributed by atoms with Crippen LogP contribution in [-0.2, 0) is 0 Å². The smallest absolute Gasteiger partial charge is 0.229 e. The Morgan fingerprint density at radius 1 is 0.892 bits per heavy atom. The van der Waals surface area contributed by atoms with E-state index in [2.05, 4.69) is 48.1 Å². The maximum atomic E-state index is 6.76. The van der Waals surface area contributed by atoms with E-state index < -0.39 is 0 Å². The fraction of sp³-hybridized carbons (Fsp3) is 0.370. The van der Waals surface area contributed by atoms with Gasteiger partial charge in [-0.1, -0.05) is 35.3 Å². The molecule has 0 aliphatic carbocycles. The number of hydrogen-bond donors (Lipinski definition) is 1. The Bertz CT molecular complexity index is 1390. The van der Waals surface area contributed by atoms with E-state index in [1.807, 2.05) is 41.0 Å². The van der Waals surface area contributed by atoms with Crippen LogP contribution in [-0.4, -0.2) is 81.7 Å². The van der Waals surface area contributed by atoms with Crippen molar-refractivity contribution >= 4 is 51.6 Å². The van der Waals surface area contributed by atoms with E-state index in [1.54, 1.807) is 12.5 Å². The third-order valence-corrected chi connectivity index (χ3v) is 8.04. The number of para-hydroxylation sites is 2. The van der Waals surface area contributed by atoms with Crippen molar-refractivity contribution in [1.29, 1.82) is 0 Å². The maximum Gasteiger partial charge on any atom is 0.229 e. The second kappa shape index (κ2) is 10.5. The second-order valence-electron chi connectivity index (χ2n) is 9.82. The highest BCUT2D eigenvalue weighted by molar-refractivity contribution is 6.33. The summed E-state index contributed by atoms with van der Waals surface area (Å²) in [5.74, 6) is 1.01. The minimum Gasteiger partial charge on any atom is -0.370 e. The number of halogens is 2. The molecule has 4 aromatic rings. The fourth-order valence-electron chi connectivity index (χ4n) is 5.34. The molecule has 0 saturated carbocycles. The highest BCUT2D eigenvalue weighted by atomic mass is 35.5. The van der Waals surface area contributed by atoms with Gasteiger partial charge in [-0.25, -0.2) is 9.97 Å². The molecule has 2 fully saturated rings. The van der Waals surface area contributed by atoms with Gasteiger partial charge in [0.15, 0.2) is 5.82 Å². The molecule has 37 heavy (non-hydrogen) atoms. The number of piperidine rings is 1. The van der Waals surface area contributed by atoms with Crippen molar-refractivity contribution in [3.8, 4) is 5.82 Å². The highest BCUT2D eigenvalue weighted by Gasteiger charge is 2.27. The fourth-order valence-corrected chi connectivity index (χ4v) is 5.83. The molecular weight excluding hydrogens is 507 g/mol. The minimum absolute atomic E-state index is 0.439. The van der Waals surface area contributed by atoms with E-state index in [4.69, 9.17) is 23.2 Å². The molecule has 2 aromatic carbocycles. The first-order chi connectivity index (χ1) is 18.0. The first kappa shape index (κ1) is 24.4. The van der Waals surface area contributed by atoms with Crippen molar-refractivity contribution in [3.63, 3.8) is 0 Å². The van der Waals surface area contributed by atoms with Crippen LogP contribution in [0.15, 0.2) is 55.0 Å². The Morgan fingerprint density at radius 3 is 2.46 bits per heavy atom. The molecule has 0 radical (unpaired) electrons. The van der Waals surface area contributed by atoms with Crippen molar-refractivity contribution in [2.45, 2.75) is 18.9 Å². The molecular formula is C27H30Cl2N8. The summed E-state index contributed by atoms with van der Waals surface area (Å²) in [4.78, 5) is 21.0. The Labute approximate surface area is 226 Å². The summed E-state index contributed by atoms with van der Waals surface area (Å²) in [6.07, 6.45) is 5.66. The summed E-state index contributed by atoms with van der Waals surface area (Å²) < 4.78 is 1.87. The van der Waals surface area contributed by atoms with Gasteiger partial charge in [-0.05, 0) is 50.2 Å². The summed E-state index contributed by atoms with van der Waals surface area (Å²) in [5.41, 5.74) is 3.70. The predicted octanol–water partition coefficient (Wildman–Crippen LogP) is 5.08. The molecule has 8 nitrogen and oxygen atoms in total. The predicted molar refractivity (Wildman–Crippen MR) is 151 cm³/mol. The van der Waals surface area contributed by atoms with Gasteiger partial charge in [0.25, 0.3) is 0 Å². The van der Waals surface area contributed by atoms with Gasteiger partial charge in [-0.15, -0.1) is 0 Å². The van der Waals surface area contributed by atoms with Crippen LogP contribution in [0.5, 0.6) is 0 Å². The third kappa shape index (κ3) is 5.11. The van der Waals surface area contributed by atoms with E-state index in [-0.39, 0.29) is 0 Å². The lowest BCUT2D eigenvalue weighted by Crippen LogP contribution is -2.52. The minimum atomic E-state index is 0.439. The maximum absolute atomic E-state index is 6.76. The van der Waals surface area contributed by atoms with Crippen molar-refractivity contribution in [2.75, 3.05) is 56.5 Å². The van der Waals surface area contributed by atoms with Gasteiger partial charge >= 0.3 is 0 Å². The van der Waals surface area contributed by atoms with E-state index in [0.29, 0.717) is 22.8 Å². The van der Waals surface area contributed by atoms with Crippen LogP contribution >= 0.6 is 23.2 Å². The number of aromatic nitrogens is 4. The molecule has 0 spiro atoms. The van der Waals surface area contributed by atoms with Gasteiger partial charge in [0.2, 0.25) is 5.95 Å². The third-order valence-electron chi connectivity index (χ3n) is 7.47. The van der Waals surface area contributed by atoms with Gasteiger partial charge in [-0.3, -0.25) is 9.47 Å². The molecule has 4 heterocycles. The van der Waals surface area contributed by atoms with Gasteiger partial charge in [0.1, 0.15) is 11.3 Å². The molecule has 192 valence electrons. The lowest BCUT2D eigenvalue weighted by molar-refractivity contribution is 0.0982. The first-order valence-electron chi connectivity index (χ1n) is 12.7. The number of anilines is 3. The molecule has 0 bridgehead atoms. The van der Waals surface area contributed by atoms with Crippen molar-refractivity contribution in [1.82, 2.24) is 29.3 Å². The zero-order chi connectivity index (χ0) is 25.4. The molecule has 0 unspecified atom stereocenters. The molecule has 10 heteroatoms. The monoisotopic (exact) mass is 536 g/mol. The SMILES string of the molecule is CN1CCN(C2CCN(c3ccc(Nc4ncc(Cl)c(-n5cnc6ccccc65)n4)cc3Cl)CC2)CC1. The van der Waals surface area contributed by atoms with Gasteiger partial charge < -0.3 is 15.1 Å². The molecule has 2 aromatic heterocycles. The molecule has 2 aliphatic heterocycles. The van der Waals surface area contributed by atoms with Crippen molar-refractivity contribution in [3.05, 3.63) is 65.0 Å². The Morgan fingerprint density at radius 2 is 1.68 bits per heavy atom. The summed E-state index contributed by atoms with van der Waals surface area (Å²) in [5, 5.41) is 4.44. The number of rotatable bonds is 5. The number of fused-ring (bicyclic) bond motifs is 1. The van der Waals surface area contributed by atoms with Gasteiger partial charge in [-0.2, -0.15) is 4.98 Å². The number of piperazine rings is 1. The average Bonchev–Trinajstić information content (AvgIpc) is 3.35. The van der Waals surface area contributed by atoms with Crippen LogP contribution < -0.4 is 10.2 Å². The zero-order valence-electron chi connectivity index (χ0n) is 20.8. The normalized spacial score (nSPS) is 18.0. The largest absolute Gasteiger partial charge is 0.370 e. The Kier molecular flexibility index (Phi) is 6.90. The van der Waals surface area contributed by atoms with E-state index >= 15 is 0 Å². The number of benzene rings is 2. The summed E-state index contributed by atoms with van der Waals surface area (Å²) in [6.45, 7) is 6.72. The van der Waals surface area contributed by atoms with E-state index in [0.717, 1.165) is 53.6 Å². The summed E-state index contributed by atoms with van der Waals surface area (Å²) >= 11 is 13.2. The van der Waals surface area contributed by atoms with Crippen LogP contribution in [0.2, 0.25) is 10.0 Å². The quantitative estimate of drug-likeness (QED) is 0.381. The first-order valence-corrected chi connectivity index (χ1v) is 13.5. The summed E-state index contributed by atoms with van der Waals surface area (Å²) in [6, 6.07) is 14.6. The van der Waals surface area contributed by atoms with Crippen LogP contribution in [0.4, 0.5) is 17.3 Å². The number of likely N-dealkylation sites (N-methyl/N-ethyl adjacent to an activating group) is 1. The second-order valence-corrected chi connectivity index (χ2v) is 10.6. The number of nitrogens with one attached hydrogen (secondary N) is 1. The molecule has 1 N–H and O–H groups in total. The Hall–Kier alpha value is -2.91. The van der Waals surface area contributed by atoms with Crippen LogP contribution in [0.25, 0.3) is 16.9 Å².